The second kappa shape index (κ2) is 6.29. The molecule has 4 rings (SSSR count). The van der Waals surface area contributed by atoms with Crippen LogP contribution < -0.4 is 0 Å². The third kappa shape index (κ3) is 3.21. The first-order chi connectivity index (χ1) is 10.8. The van der Waals surface area contributed by atoms with Gasteiger partial charge in [-0.05, 0) is 62.1 Å². The summed E-state index contributed by atoms with van der Waals surface area (Å²) in [4.78, 5) is 9.65. The van der Waals surface area contributed by atoms with E-state index in [9.17, 15) is 0 Å². The molecule has 2 aliphatic carbocycles. The maximum absolute atomic E-state index is 4.27. The quantitative estimate of drug-likeness (QED) is 0.833. The number of likely N-dealkylation sites (tertiary alicyclic amines) is 1. The molecule has 3 nitrogen and oxygen atoms in total. The molecule has 2 saturated carbocycles. The van der Waals surface area contributed by atoms with E-state index in [0.717, 1.165) is 30.3 Å². The Hall–Kier alpha value is -0.930. The lowest BCUT2D eigenvalue weighted by Gasteiger charge is -2.39. The topological polar surface area (TPSA) is 19.4 Å². The van der Waals surface area contributed by atoms with Gasteiger partial charge in [-0.15, -0.1) is 0 Å². The van der Waals surface area contributed by atoms with E-state index < -0.39 is 0 Å². The van der Waals surface area contributed by atoms with Crippen LogP contribution in [0.25, 0.3) is 0 Å². The smallest absolute Gasteiger partial charge is 0.0312 e. The van der Waals surface area contributed by atoms with Gasteiger partial charge in [0.2, 0.25) is 0 Å². The molecule has 1 unspecified atom stereocenters. The van der Waals surface area contributed by atoms with Gasteiger partial charge in [-0.25, -0.2) is 0 Å². The van der Waals surface area contributed by atoms with Gasteiger partial charge in [-0.1, -0.05) is 12.5 Å². The minimum absolute atomic E-state index is 0.767. The van der Waals surface area contributed by atoms with Gasteiger partial charge in [-0.3, -0.25) is 9.88 Å². The molecule has 1 saturated heterocycles. The molecule has 0 amide bonds. The standard InChI is InChI=1S/C19H29N3/c1-21(11-16-4-3-9-20-10-16)19-6-2-5-17-13-22(14-18(17)19)12-15-7-8-15/h3-4,9-10,15,17-19H,2,5-8,11-14H2,1H3/t17-,18-,19?/m1/s1. The van der Waals surface area contributed by atoms with Crippen molar-refractivity contribution in [2.24, 2.45) is 17.8 Å². The SMILES string of the molecule is CN(Cc1cccnc1)C1CCC[C@@H]2CN(CC3CC3)C[C@@H]12. The second-order valence-electron chi connectivity index (χ2n) is 7.86. The van der Waals surface area contributed by atoms with Gasteiger partial charge in [0, 0.05) is 44.6 Å². The summed E-state index contributed by atoms with van der Waals surface area (Å²) in [6.07, 6.45) is 11.1. The minimum Gasteiger partial charge on any atom is -0.302 e. The molecular formula is C19H29N3. The zero-order valence-electron chi connectivity index (χ0n) is 13.8. The number of rotatable bonds is 5. The number of pyridine rings is 1. The zero-order valence-corrected chi connectivity index (χ0v) is 13.8. The van der Waals surface area contributed by atoms with Crippen LogP contribution in [0.4, 0.5) is 0 Å². The molecule has 3 heteroatoms. The van der Waals surface area contributed by atoms with Crippen molar-refractivity contribution in [3.63, 3.8) is 0 Å². The van der Waals surface area contributed by atoms with Gasteiger partial charge < -0.3 is 4.90 Å². The predicted octanol–water partition coefficient (Wildman–Crippen LogP) is 3.02. The highest BCUT2D eigenvalue weighted by molar-refractivity contribution is 5.09. The maximum Gasteiger partial charge on any atom is 0.0312 e. The van der Waals surface area contributed by atoms with Crippen molar-refractivity contribution in [1.82, 2.24) is 14.8 Å². The minimum atomic E-state index is 0.767. The van der Waals surface area contributed by atoms with Crippen molar-refractivity contribution in [3.8, 4) is 0 Å². The van der Waals surface area contributed by atoms with Crippen LogP contribution in [0, 0.1) is 17.8 Å². The summed E-state index contributed by atoms with van der Waals surface area (Å²) in [6, 6.07) is 5.03. The van der Waals surface area contributed by atoms with Gasteiger partial charge in [0.05, 0.1) is 0 Å². The van der Waals surface area contributed by atoms with Gasteiger partial charge in [0.1, 0.15) is 0 Å². The Morgan fingerprint density at radius 1 is 1.23 bits per heavy atom. The van der Waals surface area contributed by atoms with Crippen molar-refractivity contribution in [3.05, 3.63) is 30.1 Å². The molecule has 0 spiro atoms. The van der Waals surface area contributed by atoms with Crippen molar-refractivity contribution in [2.75, 3.05) is 26.7 Å². The van der Waals surface area contributed by atoms with E-state index in [1.165, 1.54) is 57.3 Å². The maximum atomic E-state index is 4.27. The van der Waals surface area contributed by atoms with Crippen LogP contribution >= 0.6 is 0 Å². The fourth-order valence-corrected chi connectivity index (χ4v) is 4.79. The second-order valence-corrected chi connectivity index (χ2v) is 7.86. The average molecular weight is 299 g/mol. The van der Waals surface area contributed by atoms with Gasteiger partial charge in [0.25, 0.3) is 0 Å². The third-order valence-electron chi connectivity index (χ3n) is 6.07. The third-order valence-corrected chi connectivity index (χ3v) is 6.07. The lowest BCUT2D eigenvalue weighted by molar-refractivity contribution is 0.105. The fraction of sp³-hybridized carbons (Fsp3) is 0.737. The first-order valence-corrected chi connectivity index (χ1v) is 9.11. The van der Waals surface area contributed by atoms with Gasteiger partial charge >= 0.3 is 0 Å². The molecule has 3 fully saturated rings. The Kier molecular flexibility index (Phi) is 4.19. The summed E-state index contributed by atoms with van der Waals surface area (Å²) in [5, 5.41) is 0. The Morgan fingerprint density at radius 2 is 2.14 bits per heavy atom. The molecule has 1 aromatic rings. The summed E-state index contributed by atoms with van der Waals surface area (Å²) >= 11 is 0. The average Bonchev–Trinajstić information content (AvgIpc) is 3.24. The summed E-state index contributed by atoms with van der Waals surface area (Å²) < 4.78 is 0. The molecule has 2 heterocycles. The molecular weight excluding hydrogens is 270 g/mol. The summed E-state index contributed by atoms with van der Waals surface area (Å²) in [5.74, 6) is 2.88. The van der Waals surface area contributed by atoms with Crippen LogP contribution in [0.2, 0.25) is 0 Å². The number of hydrogen-bond donors (Lipinski definition) is 0. The summed E-state index contributed by atoms with van der Waals surface area (Å²) in [7, 11) is 2.32. The molecule has 0 radical (unpaired) electrons. The van der Waals surface area contributed by atoms with Crippen LogP contribution in [0.15, 0.2) is 24.5 Å². The monoisotopic (exact) mass is 299 g/mol. The highest BCUT2D eigenvalue weighted by Crippen LogP contribution is 2.40. The van der Waals surface area contributed by atoms with Crippen molar-refractivity contribution >= 4 is 0 Å². The van der Waals surface area contributed by atoms with E-state index in [2.05, 4.69) is 34.0 Å². The van der Waals surface area contributed by atoms with Crippen LogP contribution in [0.5, 0.6) is 0 Å². The van der Waals surface area contributed by atoms with Crippen LogP contribution in [0.3, 0.4) is 0 Å². The van der Waals surface area contributed by atoms with E-state index in [4.69, 9.17) is 0 Å². The lowest BCUT2D eigenvalue weighted by Crippen LogP contribution is -2.43. The number of aromatic nitrogens is 1. The van der Waals surface area contributed by atoms with E-state index in [0.29, 0.717) is 0 Å². The highest BCUT2D eigenvalue weighted by Gasteiger charge is 2.42. The van der Waals surface area contributed by atoms with Crippen LogP contribution in [0.1, 0.15) is 37.7 Å². The molecule has 120 valence electrons. The predicted molar refractivity (Wildman–Crippen MR) is 89.5 cm³/mol. The molecule has 0 N–H and O–H groups in total. The summed E-state index contributed by atoms with van der Waals surface area (Å²) in [5.41, 5.74) is 1.35. The van der Waals surface area contributed by atoms with E-state index in [-0.39, 0.29) is 0 Å². The van der Waals surface area contributed by atoms with E-state index in [1.54, 1.807) is 0 Å². The largest absolute Gasteiger partial charge is 0.302 e. The lowest BCUT2D eigenvalue weighted by atomic mass is 9.77. The molecule has 0 bridgehead atoms. The molecule has 0 aromatic carbocycles. The normalized spacial score (nSPS) is 32.4. The Labute approximate surface area is 134 Å². The molecule has 1 aromatic heterocycles. The number of hydrogen-bond acceptors (Lipinski definition) is 3. The van der Waals surface area contributed by atoms with Gasteiger partial charge in [0.15, 0.2) is 0 Å². The molecule has 3 aliphatic rings. The van der Waals surface area contributed by atoms with Crippen LogP contribution in [-0.4, -0.2) is 47.5 Å². The van der Waals surface area contributed by atoms with Crippen molar-refractivity contribution < 1.29 is 0 Å². The van der Waals surface area contributed by atoms with Gasteiger partial charge in [-0.2, -0.15) is 0 Å². The molecule has 3 atom stereocenters. The van der Waals surface area contributed by atoms with Crippen molar-refractivity contribution in [1.29, 1.82) is 0 Å². The first kappa shape index (κ1) is 14.6. The first-order valence-electron chi connectivity index (χ1n) is 9.11. The molecule has 1 aliphatic heterocycles. The Morgan fingerprint density at radius 3 is 2.91 bits per heavy atom. The Balaban J connectivity index is 1.39. The van der Waals surface area contributed by atoms with E-state index in [1.807, 2.05) is 12.4 Å². The Bertz CT molecular complexity index is 485. The zero-order chi connectivity index (χ0) is 14.9. The number of fused-ring (bicyclic) bond motifs is 1. The van der Waals surface area contributed by atoms with E-state index >= 15 is 0 Å². The highest BCUT2D eigenvalue weighted by atomic mass is 15.2. The fourth-order valence-electron chi connectivity index (χ4n) is 4.79. The van der Waals surface area contributed by atoms with Crippen LogP contribution in [-0.2, 0) is 6.54 Å². The number of nitrogens with zero attached hydrogens (tertiary/aromatic N) is 3. The molecule has 22 heavy (non-hydrogen) atoms. The van der Waals surface area contributed by atoms with Crippen molar-refractivity contribution in [2.45, 2.75) is 44.7 Å². The summed E-state index contributed by atoms with van der Waals surface area (Å²) in [6.45, 7) is 5.15.